The van der Waals surface area contributed by atoms with E-state index in [0.717, 1.165) is 21.9 Å². The van der Waals surface area contributed by atoms with E-state index in [2.05, 4.69) is 0 Å². The SMILES string of the molecule is COc1ccc(OC)c2c3c(ccc12)C(C)(c1ccccc1)OC3=O. The molecule has 3 aromatic carbocycles. The van der Waals surface area contributed by atoms with Crippen LogP contribution in [0.2, 0.25) is 0 Å². The third-order valence-corrected chi connectivity index (χ3v) is 4.88. The topological polar surface area (TPSA) is 44.8 Å². The van der Waals surface area contributed by atoms with Gasteiger partial charge >= 0.3 is 5.97 Å². The third kappa shape index (κ3) is 2.10. The summed E-state index contributed by atoms with van der Waals surface area (Å²) in [5.41, 5.74) is 1.49. The van der Waals surface area contributed by atoms with Crippen molar-refractivity contribution >= 4 is 16.7 Å². The molecular formula is C21H18O4. The second-order valence-electron chi connectivity index (χ2n) is 6.17. The second kappa shape index (κ2) is 5.52. The summed E-state index contributed by atoms with van der Waals surface area (Å²) < 4.78 is 16.8. The quantitative estimate of drug-likeness (QED) is 0.670. The smallest absolute Gasteiger partial charge is 0.340 e. The number of carbonyl (C=O) groups excluding carboxylic acids is 1. The molecule has 4 nitrogen and oxygen atoms in total. The first-order valence-electron chi connectivity index (χ1n) is 8.07. The van der Waals surface area contributed by atoms with Crippen LogP contribution in [0, 0.1) is 0 Å². The molecule has 3 aromatic rings. The van der Waals surface area contributed by atoms with Crippen molar-refractivity contribution in [3.63, 3.8) is 0 Å². The van der Waals surface area contributed by atoms with E-state index in [1.807, 2.05) is 61.5 Å². The summed E-state index contributed by atoms with van der Waals surface area (Å²) in [4.78, 5) is 12.8. The van der Waals surface area contributed by atoms with Crippen LogP contribution in [0.4, 0.5) is 0 Å². The Bertz CT molecular complexity index is 978. The number of hydrogen-bond acceptors (Lipinski definition) is 4. The van der Waals surface area contributed by atoms with Gasteiger partial charge in [-0.2, -0.15) is 0 Å². The predicted molar refractivity (Wildman–Crippen MR) is 95.4 cm³/mol. The zero-order valence-electron chi connectivity index (χ0n) is 14.3. The molecule has 25 heavy (non-hydrogen) atoms. The lowest BCUT2D eigenvalue weighted by molar-refractivity contribution is 0.0181. The van der Waals surface area contributed by atoms with E-state index < -0.39 is 5.60 Å². The van der Waals surface area contributed by atoms with E-state index in [0.29, 0.717) is 17.1 Å². The maximum atomic E-state index is 12.8. The van der Waals surface area contributed by atoms with Crippen LogP contribution < -0.4 is 9.47 Å². The van der Waals surface area contributed by atoms with Crippen LogP contribution in [-0.2, 0) is 10.3 Å². The Hall–Kier alpha value is -3.01. The molecule has 0 amide bonds. The van der Waals surface area contributed by atoms with Crippen LogP contribution in [0.15, 0.2) is 54.6 Å². The lowest BCUT2D eigenvalue weighted by Gasteiger charge is -2.24. The number of ether oxygens (including phenoxy) is 3. The van der Waals surface area contributed by atoms with Crippen molar-refractivity contribution in [3.05, 3.63) is 71.3 Å². The molecule has 0 fully saturated rings. The van der Waals surface area contributed by atoms with Gasteiger partial charge in [-0.3, -0.25) is 0 Å². The maximum Gasteiger partial charge on any atom is 0.340 e. The summed E-state index contributed by atoms with van der Waals surface area (Å²) in [6.45, 7) is 1.92. The normalized spacial score (nSPS) is 18.8. The van der Waals surface area contributed by atoms with E-state index in [1.54, 1.807) is 14.2 Å². The number of hydrogen-bond donors (Lipinski definition) is 0. The number of rotatable bonds is 3. The molecule has 0 spiro atoms. The van der Waals surface area contributed by atoms with E-state index in [-0.39, 0.29) is 5.97 Å². The first kappa shape index (κ1) is 15.5. The number of carbonyl (C=O) groups is 1. The number of esters is 1. The Morgan fingerprint density at radius 2 is 1.56 bits per heavy atom. The molecule has 126 valence electrons. The van der Waals surface area contributed by atoms with E-state index >= 15 is 0 Å². The van der Waals surface area contributed by atoms with Crippen LogP contribution >= 0.6 is 0 Å². The number of fused-ring (bicyclic) bond motifs is 3. The van der Waals surface area contributed by atoms with E-state index in [1.165, 1.54) is 0 Å². The van der Waals surface area contributed by atoms with Crippen molar-refractivity contribution < 1.29 is 19.0 Å². The molecule has 0 N–H and O–H groups in total. The van der Waals surface area contributed by atoms with Crippen molar-refractivity contribution in [1.82, 2.24) is 0 Å². The fourth-order valence-electron chi connectivity index (χ4n) is 3.61. The van der Waals surface area contributed by atoms with Crippen LogP contribution in [0.25, 0.3) is 10.8 Å². The molecule has 0 bridgehead atoms. The monoisotopic (exact) mass is 334 g/mol. The van der Waals surface area contributed by atoms with Crippen molar-refractivity contribution in [3.8, 4) is 11.5 Å². The number of benzene rings is 3. The molecule has 1 atom stereocenters. The van der Waals surface area contributed by atoms with Gasteiger partial charge in [-0.15, -0.1) is 0 Å². The average Bonchev–Trinajstić information content (AvgIpc) is 2.93. The van der Waals surface area contributed by atoms with Gasteiger partial charge < -0.3 is 14.2 Å². The van der Waals surface area contributed by atoms with Gasteiger partial charge in [0.2, 0.25) is 0 Å². The molecule has 0 radical (unpaired) electrons. The first-order chi connectivity index (χ1) is 12.1. The molecule has 0 aromatic heterocycles. The van der Waals surface area contributed by atoms with Gasteiger partial charge in [0, 0.05) is 16.3 Å². The van der Waals surface area contributed by atoms with Gasteiger partial charge in [-0.1, -0.05) is 42.5 Å². The molecule has 0 saturated heterocycles. The van der Waals surface area contributed by atoms with Crippen LogP contribution in [0.3, 0.4) is 0 Å². The minimum atomic E-state index is -0.823. The Morgan fingerprint density at radius 3 is 2.24 bits per heavy atom. The Kier molecular flexibility index (Phi) is 3.42. The molecule has 4 rings (SSSR count). The number of cyclic esters (lactones) is 1. The fraction of sp³-hybridized carbons (Fsp3) is 0.190. The molecule has 0 saturated carbocycles. The van der Waals surface area contributed by atoms with Gasteiger partial charge in [0.1, 0.15) is 11.5 Å². The van der Waals surface area contributed by atoms with E-state index in [4.69, 9.17) is 14.2 Å². The molecule has 0 aliphatic carbocycles. The number of methoxy groups -OCH3 is 2. The van der Waals surface area contributed by atoms with Crippen LogP contribution in [0.5, 0.6) is 11.5 Å². The van der Waals surface area contributed by atoms with Crippen LogP contribution in [-0.4, -0.2) is 20.2 Å². The third-order valence-electron chi connectivity index (χ3n) is 4.88. The Labute approximate surface area is 145 Å². The van der Waals surface area contributed by atoms with Crippen LogP contribution in [0.1, 0.15) is 28.4 Å². The minimum absolute atomic E-state index is 0.349. The molecule has 1 aliphatic rings. The summed E-state index contributed by atoms with van der Waals surface area (Å²) in [6, 6.07) is 17.3. The standard InChI is InChI=1S/C21H18O4/c1-21(13-7-5-4-6-8-13)15-10-9-14-16(23-2)11-12-17(24-3)18(14)19(15)20(22)25-21/h4-12H,1-3H3. The van der Waals surface area contributed by atoms with Gasteiger partial charge in [0.25, 0.3) is 0 Å². The van der Waals surface area contributed by atoms with Crippen molar-refractivity contribution in [2.75, 3.05) is 14.2 Å². The van der Waals surface area contributed by atoms with Gasteiger partial charge in [-0.25, -0.2) is 4.79 Å². The fourth-order valence-corrected chi connectivity index (χ4v) is 3.61. The molecule has 1 heterocycles. The highest BCUT2D eigenvalue weighted by molar-refractivity contribution is 6.12. The summed E-state index contributed by atoms with van der Waals surface area (Å²) >= 11 is 0. The lowest BCUT2D eigenvalue weighted by Crippen LogP contribution is -2.23. The summed E-state index contributed by atoms with van der Waals surface area (Å²) in [7, 11) is 3.21. The largest absolute Gasteiger partial charge is 0.496 e. The molecule has 1 unspecified atom stereocenters. The average molecular weight is 334 g/mol. The van der Waals surface area contributed by atoms with Crippen molar-refractivity contribution in [2.24, 2.45) is 0 Å². The maximum absolute atomic E-state index is 12.8. The highest BCUT2D eigenvalue weighted by Crippen LogP contribution is 2.47. The Balaban J connectivity index is 2.07. The van der Waals surface area contributed by atoms with Gasteiger partial charge in [0.05, 0.1) is 19.8 Å². The Morgan fingerprint density at radius 1 is 0.880 bits per heavy atom. The van der Waals surface area contributed by atoms with Gasteiger partial charge in [0.15, 0.2) is 5.60 Å². The molecule has 4 heteroatoms. The first-order valence-corrected chi connectivity index (χ1v) is 8.07. The highest BCUT2D eigenvalue weighted by Gasteiger charge is 2.44. The second-order valence-corrected chi connectivity index (χ2v) is 6.17. The van der Waals surface area contributed by atoms with Crippen molar-refractivity contribution in [2.45, 2.75) is 12.5 Å². The molecular weight excluding hydrogens is 316 g/mol. The molecule has 1 aliphatic heterocycles. The highest BCUT2D eigenvalue weighted by atomic mass is 16.6. The predicted octanol–water partition coefficient (Wildman–Crippen LogP) is 4.29. The zero-order valence-corrected chi connectivity index (χ0v) is 14.3. The zero-order chi connectivity index (χ0) is 17.6. The summed E-state index contributed by atoms with van der Waals surface area (Å²) in [5.74, 6) is 0.972. The van der Waals surface area contributed by atoms with E-state index in [9.17, 15) is 4.79 Å². The summed E-state index contributed by atoms with van der Waals surface area (Å²) in [6.07, 6.45) is 0. The summed E-state index contributed by atoms with van der Waals surface area (Å²) in [5, 5.41) is 1.55. The van der Waals surface area contributed by atoms with Gasteiger partial charge in [-0.05, 0) is 24.6 Å². The lowest BCUT2D eigenvalue weighted by atomic mass is 9.85. The minimum Gasteiger partial charge on any atom is -0.496 e. The van der Waals surface area contributed by atoms with Crippen molar-refractivity contribution in [1.29, 1.82) is 0 Å².